The maximum atomic E-state index is 14.0. The predicted molar refractivity (Wildman–Crippen MR) is 97.2 cm³/mol. The summed E-state index contributed by atoms with van der Waals surface area (Å²) < 4.78 is 19.6. The zero-order valence-electron chi connectivity index (χ0n) is 16.3. The molecule has 1 aromatic rings. The van der Waals surface area contributed by atoms with Gasteiger partial charge in [-0.15, -0.1) is 10.2 Å². The molecule has 0 bridgehead atoms. The van der Waals surface area contributed by atoms with E-state index in [-0.39, 0.29) is 42.8 Å². The molecule has 1 saturated carbocycles. The summed E-state index contributed by atoms with van der Waals surface area (Å²) in [6, 6.07) is -0.881. The average molecular weight is 380 g/mol. The van der Waals surface area contributed by atoms with E-state index >= 15 is 0 Å². The first kappa shape index (κ1) is 19.9. The van der Waals surface area contributed by atoms with Gasteiger partial charge in [-0.05, 0) is 33.6 Å². The van der Waals surface area contributed by atoms with E-state index in [2.05, 4.69) is 15.5 Å². The SMILES string of the molecule is CC(C)(C)NCC(=O)N1C[C@@H](F)C[C@H]1C(=O)c1nnc(C2CCCCC2)o1. The van der Waals surface area contributed by atoms with Gasteiger partial charge in [0.2, 0.25) is 17.6 Å². The predicted octanol–water partition coefficient (Wildman–Crippen LogP) is 2.63. The molecule has 3 rings (SSSR count). The Kier molecular flexibility index (Phi) is 5.93. The van der Waals surface area contributed by atoms with E-state index in [9.17, 15) is 14.0 Å². The zero-order valence-corrected chi connectivity index (χ0v) is 16.3. The number of nitrogens with one attached hydrogen (secondary N) is 1. The molecule has 0 spiro atoms. The van der Waals surface area contributed by atoms with Crippen LogP contribution in [0.4, 0.5) is 4.39 Å². The van der Waals surface area contributed by atoms with E-state index in [1.807, 2.05) is 20.8 Å². The highest BCUT2D eigenvalue weighted by atomic mass is 19.1. The summed E-state index contributed by atoms with van der Waals surface area (Å²) in [5.74, 6) is -0.195. The number of hydrogen-bond donors (Lipinski definition) is 1. The first-order chi connectivity index (χ1) is 12.7. The molecular formula is C19H29FN4O3. The fraction of sp³-hybridized carbons (Fsp3) is 0.789. The lowest BCUT2D eigenvalue weighted by molar-refractivity contribution is -0.130. The number of hydrogen-bond acceptors (Lipinski definition) is 6. The first-order valence-corrected chi connectivity index (χ1v) is 9.81. The number of nitrogens with zero attached hydrogens (tertiary/aromatic N) is 3. The average Bonchev–Trinajstić information content (AvgIpc) is 3.26. The molecule has 2 fully saturated rings. The lowest BCUT2D eigenvalue weighted by Gasteiger charge is -2.26. The van der Waals surface area contributed by atoms with Gasteiger partial charge in [0.05, 0.1) is 13.1 Å². The summed E-state index contributed by atoms with van der Waals surface area (Å²) in [4.78, 5) is 26.6. The topological polar surface area (TPSA) is 88.3 Å². The van der Waals surface area contributed by atoms with E-state index in [1.165, 1.54) is 11.3 Å². The van der Waals surface area contributed by atoms with E-state index < -0.39 is 18.0 Å². The molecule has 0 unspecified atom stereocenters. The second-order valence-corrected chi connectivity index (χ2v) is 8.64. The summed E-state index contributed by atoms with van der Waals surface area (Å²) in [6.45, 7) is 5.80. The second-order valence-electron chi connectivity index (χ2n) is 8.64. The molecule has 1 aliphatic carbocycles. The number of halogens is 1. The van der Waals surface area contributed by atoms with Crippen molar-refractivity contribution in [2.45, 2.75) is 83.0 Å². The van der Waals surface area contributed by atoms with Crippen LogP contribution in [-0.2, 0) is 4.79 Å². The summed E-state index contributed by atoms with van der Waals surface area (Å²) in [5, 5.41) is 11.0. The number of aromatic nitrogens is 2. The van der Waals surface area contributed by atoms with E-state index in [1.54, 1.807) is 0 Å². The number of rotatable bonds is 5. The van der Waals surface area contributed by atoms with Crippen LogP contribution < -0.4 is 5.32 Å². The maximum absolute atomic E-state index is 14.0. The van der Waals surface area contributed by atoms with E-state index in [0.717, 1.165) is 25.7 Å². The van der Waals surface area contributed by atoms with Crippen LogP contribution in [0.2, 0.25) is 0 Å². The molecule has 1 saturated heterocycles. The summed E-state index contributed by atoms with van der Waals surface area (Å²) >= 11 is 0. The quantitative estimate of drug-likeness (QED) is 0.790. The number of alkyl halides is 1. The Morgan fingerprint density at radius 1 is 1.22 bits per heavy atom. The van der Waals surface area contributed by atoms with Crippen LogP contribution >= 0.6 is 0 Å². The van der Waals surface area contributed by atoms with Crippen molar-refractivity contribution in [1.29, 1.82) is 0 Å². The van der Waals surface area contributed by atoms with Gasteiger partial charge in [-0.2, -0.15) is 0 Å². The normalized spacial score (nSPS) is 24.4. The molecule has 27 heavy (non-hydrogen) atoms. The monoisotopic (exact) mass is 380 g/mol. The minimum atomic E-state index is -1.22. The van der Waals surface area contributed by atoms with Crippen LogP contribution in [0, 0.1) is 0 Å². The van der Waals surface area contributed by atoms with Gasteiger partial charge in [-0.25, -0.2) is 4.39 Å². The lowest BCUT2D eigenvalue weighted by Crippen LogP contribution is -2.48. The minimum absolute atomic E-state index is 0.0266. The Morgan fingerprint density at radius 3 is 2.59 bits per heavy atom. The standard InChI is InChI=1S/C19H29FN4O3/c1-19(2,3)21-10-15(25)24-11-13(20)9-14(24)16(26)18-23-22-17(27-18)12-7-5-4-6-8-12/h12-14,21H,4-11H2,1-3H3/t13-,14-/m0/s1. The molecule has 150 valence electrons. The molecule has 7 nitrogen and oxygen atoms in total. The third-order valence-electron chi connectivity index (χ3n) is 5.25. The molecule has 0 radical (unpaired) electrons. The largest absolute Gasteiger partial charge is 0.418 e. The molecule has 2 atom stereocenters. The van der Waals surface area contributed by atoms with Crippen LogP contribution in [0.15, 0.2) is 4.42 Å². The number of carbonyl (C=O) groups is 2. The van der Waals surface area contributed by atoms with Crippen LogP contribution in [0.3, 0.4) is 0 Å². The highest BCUT2D eigenvalue weighted by Gasteiger charge is 2.42. The highest BCUT2D eigenvalue weighted by molar-refractivity contribution is 5.99. The number of amides is 1. The molecule has 8 heteroatoms. The Balaban J connectivity index is 1.68. The van der Waals surface area contributed by atoms with Crippen LogP contribution in [-0.4, -0.2) is 57.6 Å². The van der Waals surface area contributed by atoms with Crippen molar-refractivity contribution >= 4 is 11.7 Å². The zero-order chi connectivity index (χ0) is 19.6. The summed E-state index contributed by atoms with van der Waals surface area (Å²) in [6.07, 6.45) is 4.15. The number of Topliss-reactive ketones (excluding diaryl/α,β-unsaturated/α-hetero) is 1. The summed E-state index contributed by atoms with van der Waals surface area (Å²) in [5.41, 5.74) is -0.245. The molecule has 1 aromatic heterocycles. The van der Waals surface area contributed by atoms with Crippen molar-refractivity contribution in [3.05, 3.63) is 11.8 Å². The van der Waals surface area contributed by atoms with E-state index in [4.69, 9.17) is 4.42 Å². The maximum Gasteiger partial charge on any atom is 0.286 e. The Morgan fingerprint density at radius 2 is 1.93 bits per heavy atom. The van der Waals surface area contributed by atoms with Crippen LogP contribution in [0.25, 0.3) is 0 Å². The van der Waals surface area contributed by atoms with Gasteiger partial charge in [0.15, 0.2) is 0 Å². The van der Waals surface area contributed by atoms with Gasteiger partial charge < -0.3 is 14.6 Å². The van der Waals surface area contributed by atoms with Gasteiger partial charge in [0, 0.05) is 17.9 Å². The molecular weight excluding hydrogens is 351 g/mol. The molecule has 1 aliphatic heterocycles. The van der Waals surface area contributed by atoms with Crippen molar-refractivity contribution in [3.63, 3.8) is 0 Å². The van der Waals surface area contributed by atoms with Gasteiger partial charge in [-0.3, -0.25) is 9.59 Å². The van der Waals surface area contributed by atoms with Gasteiger partial charge in [0.25, 0.3) is 5.89 Å². The number of likely N-dealkylation sites (tertiary alicyclic amines) is 1. The van der Waals surface area contributed by atoms with Gasteiger partial charge in [-0.1, -0.05) is 19.3 Å². The number of ketones is 1. The molecule has 0 aromatic carbocycles. The fourth-order valence-corrected chi connectivity index (χ4v) is 3.74. The van der Waals surface area contributed by atoms with Crippen LogP contribution in [0.5, 0.6) is 0 Å². The smallest absolute Gasteiger partial charge is 0.286 e. The highest BCUT2D eigenvalue weighted by Crippen LogP contribution is 2.32. The van der Waals surface area contributed by atoms with Crippen molar-refractivity contribution in [2.24, 2.45) is 0 Å². The fourth-order valence-electron chi connectivity index (χ4n) is 3.74. The minimum Gasteiger partial charge on any atom is -0.418 e. The molecule has 2 heterocycles. The first-order valence-electron chi connectivity index (χ1n) is 9.81. The Bertz CT molecular complexity index is 679. The third kappa shape index (κ3) is 4.91. The van der Waals surface area contributed by atoms with Crippen molar-refractivity contribution < 1.29 is 18.4 Å². The van der Waals surface area contributed by atoms with Crippen LogP contribution in [0.1, 0.15) is 81.8 Å². The molecule has 1 N–H and O–H groups in total. The molecule has 1 amide bonds. The van der Waals surface area contributed by atoms with Crippen molar-refractivity contribution in [3.8, 4) is 0 Å². The molecule has 2 aliphatic rings. The summed E-state index contributed by atoms with van der Waals surface area (Å²) in [7, 11) is 0. The Labute approximate surface area is 159 Å². The second kappa shape index (κ2) is 8.04. The lowest BCUT2D eigenvalue weighted by atomic mass is 9.89. The van der Waals surface area contributed by atoms with E-state index in [0.29, 0.717) is 5.89 Å². The van der Waals surface area contributed by atoms with Gasteiger partial charge >= 0.3 is 0 Å². The third-order valence-corrected chi connectivity index (χ3v) is 5.25. The Hall–Kier alpha value is -1.83. The van der Waals surface area contributed by atoms with Crippen molar-refractivity contribution in [2.75, 3.05) is 13.1 Å². The van der Waals surface area contributed by atoms with Crippen molar-refractivity contribution in [1.82, 2.24) is 20.4 Å². The van der Waals surface area contributed by atoms with Gasteiger partial charge in [0.1, 0.15) is 12.2 Å². The number of carbonyl (C=O) groups excluding carboxylic acids is 2.